The van der Waals surface area contributed by atoms with Crippen molar-refractivity contribution in [2.75, 3.05) is 20.3 Å². The van der Waals surface area contributed by atoms with E-state index in [4.69, 9.17) is 19.2 Å². The Morgan fingerprint density at radius 1 is 1.11 bits per heavy atom. The number of thioether (sulfide) groups is 1. The third-order valence-electron chi connectivity index (χ3n) is 5.89. The largest absolute Gasteiger partial charge is 0.493 e. The molecule has 1 saturated carbocycles. The average molecular weight is 495 g/mol. The molecule has 0 aromatic heterocycles. The lowest BCUT2D eigenvalue weighted by atomic mass is 9.94. The predicted molar refractivity (Wildman–Crippen MR) is 138 cm³/mol. The van der Waals surface area contributed by atoms with Crippen LogP contribution in [0.2, 0.25) is 0 Å². The highest BCUT2D eigenvalue weighted by Crippen LogP contribution is 2.39. The Morgan fingerprint density at radius 2 is 1.89 bits per heavy atom. The summed E-state index contributed by atoms with van der Waals surface area (Å²) in [7, 11) is 1.54. The number of hydrogen-bond donors (Lipinski definition) is 0. The van der Waals surface area contributed by atoms with Gasteiger partial charge in [-0.2, -0.15) is 0 Å². The van der Waals surface area contributed by atoms with Gasteiger partial charge in [0.05, 0.1) is 24.3 Å². The molecule has 2 aromatic carbocycles. The smallest absolute Gasteiger partial charge is 0.344 e. The fourth-order valence-electron chi connectivity index (χ4n) is 4.22. The zero-order chi connectivity index (χ0) is 24.6. The number of nitrogens with zero attached hydrogens (tertiary/aromatic N) is 2. The summed E-state index contributed by atoms with van der Waals surface area (Å²) in [5.41, 5.74) is 1.63. The first-order valence-corrected chi connectivity index (χ1v) is 12.7. The van der Waals surface area contributed by atoms with Gasteiger partial charge in [0.15, 0.2) is 23.3 Å². The molecule has 0 unspecified atom stereocenters. The van der Waals surface area contributed by atoms with Crippen LogP contribution in [-0.2, 0) is 14.3 Å². The number of aliphatic imine (C=N–C) groups is 1. The molecule has 0 atom stereocenters. The van der Waals surface area contributed by atoms with E-state index in [1.54, 1.807) is 19.1 Å². The maximum atomic E-state index is 13.5. The van der Waals surface area contributed by atoms with Gasteiger partial charge < -0.3 is 14.2 Å². The van der Waals surface area contributed by atoms with Crippen molar-refractivity contribution in [3.63, 3.8) is 0 Å². The minimum atomic E-state index is -0.443. The zero-order valence-electron chi connectivity index (χ0n) is 20.1. The number of esters is 1. The fraction of sp³-hybridized carbons (Fsp3) is 0.370. The average Bonchev–Trinajstić information content (AvgIpc) is 3.18. The van der Waals surface area contributed by atoms with Crippen LogP contribution in [0.5, 0.6) is 11.5 Å². The van der Waals surface area contributed by atoms with Crippen LogP contribution in [0, 0.1) is 0 Å². The van der Waals surface area contributed by atoms with E-state index in [9.17, 15) is 9.59 Å². The molecule has 2 aromatic rings. The molecular formula is C27H30N2O5S. The lowest BCUT2D eigenvalue weighted by Gasteiger charge is -2.30. The number of benzene rings is 2. The second-order valence-electron chi connectivity index (χ2n) is 8.31. The number of ether oxygens (including phenoxy) is 3. The molecule has 7 nitrogen and oxygen atoms in total. The molecule has 1 amide bonds. The first-order valence-electron chi connectivity index (χ1n) is 11.9. The second-order valence-corrected chi connectivity index (χ2v) is 9.32. The highest BCUT2D eigenvalue weighted by atomic mass is 32.2. The Morgan fingerprint density at radius 3 is 2.60 bits per heavy atom. The summed E-state index contributed by atoms with van der Waals surface area (Å²) in [4.78, 5) is 32.5. The number of hydrogen-bond acceptors (Lipinski definition) is 7. The standard InChI is InChI=1S/C27H30N2O5S/c1-3-33-25(30)18-34-22-15-14-19(16-23(22)32-2)17-24-26(31)29(21-12-8-5-9-13-21)27(35-24)28-20-10-6-4-7-11-20/h4,6-7,10-11,14-17,21H,3,5,8-9,12-13,18H2,1-2H3/b24-17-,28-27?. The second kappa shape index (κ2) is 11.9. The molecule has 8 heteroatoms. The molecule has 1 saturated heterocycles. The van der Waals surface area contributed by atoms with E-state index in [1.165, 1.54) is 25.3 Å². The monoisotopic (exact) mass is 494 g/mol. The van der Waals surface area contributed by atoms with E-state index < -0.39 is 5.97 Å². The lowest BCUT2D eigenvalue weighted by Crippen LogP contribution is -2.40. The molecular weight excluding hydrogens is 464 g/mol. The zero-order valence-corrected chi connectivity index (χ0v) is 20.9. The van der Waals surface area contributed by atoms with Crippen LogP contribution in [0.3, 0.4) is 0 Å². The van der Waals surface area contributed by atoms with Gasteiger partial charge in [-0.05, 0) is 67.4 Å². The molecule has 4 rings (SSSR count). The third kappa shape index (κ3) is 6.25. The SMILES string of the molecule is CCOC(=O)COc1ccc(/C=C2\SC(=Nc3ccccc3)N(C3CCCCC3)C2=O)cc1OC. The number of methoxy groups -OCH3 is 1. The highest BCUT2D eigenvalue weighted by molar-refractivity contribution is 8.18. The molecule has 0 spiro atoms. The Balaban J connectivity index is 1.59. The van der Waals surface area contributed by atoms with Crippen molar-refractivity contribution in [1.29, 1.82) is 0 Å². The van der Waals surface area contributed by atoms with Gasteiger partial charge >= 0.3 is 5.97 Å². The van der Waals surface area contributed by atoms with Crippen molar-refractivity contribution in [1.82, 2.24) is 4.90 Å². The number of para-hydroxylation sites is 1. The summed E-state index contributed by atoms with van der Waals surface area (Å²) in [6.07, 6.45) is 7.31. The molecule has 0 N–H and O–H groups in total. The van der Waals surface area contributed by atoms with Crippen LogP contribution in [-0.4, -0.2) is 48.3 Å². The lowest BCUT2D eigenvalue weighted by molar-refractivity contribution is -0.145. The maximum absolute atomic E-state index is 13.5. The predicted octanol–water partition coefficient (Wildman–Crippen LogP) is 5.57. The van der Waals surface area contributed by atoms with Crippen molar-refractivity contribution in [2.45, 2.75) is 45.1 Å². The number of carbonyl (C=O) groups is 2. The summed E-state index contributed by atoms with van der Waals surface area (Å²) in [5, 5.41) is 0.723. The Hall–Kier alpha value is -3.26. The maximum Gasteiger partial charge on any atom is 0.344 e. The van der Waals surface area contributed by atoms with E-state index in [-0.39, 0.29) is 18.6 Å². The molecule has 0 radical (unpaired) electrons. The van der Waals surface area contributed by atoms with Crippen molar-refractivity contribution < 1.29 is 23.8 Å². The normalized spacial score (nSPS) is 18.8. The summed E-state index contributed by atoms with van der Waals surface area (Å²) in [6.45, 7) is 1.84. The van der Waals surface area contributed by atoms with Gasteiger partial charge in [0.25, 0.3) is 5.91 Å². The van der Waals surface area contributed by atoms with E-state index in [0.717, 1.165) is 42.1 Å². The Bertz CT molecular complexity index is 1110. The molecule has 2 fully saturated rings. The molecule has 0 bridgehead atoms. The van der Waals surface area contributed by atoms with Gasteiger partial charge in [0, 0.05) is 6.04 Å². The van der Waals surface area contributed by atoms with Crippen LogP contribution >= 0.6 is 11.8 Å². The van der Waals surface area contributed by atoms with Gasteiger partial charge in [0.2, 0.25) is 0 Å². The number of carbonyl (C=O) groups excluding carboxylic acids is 2. The van der Waals surface area contributed by atoms with Crippen LogP contribution in [0.4, 0.5) is 5.69 Å². The number of amides is 1. The molecule has 35 heavy (non-hydrogen) atoms. The summed E-state index contributed by atoms with van der Waals surface area (Å²) >= 11 is 1.40. The van der Waals surface area contributed by atoms with Gasteiger partial charge in [-0.3, -0.25) is 9.69 Å². The Kier molecular flexibility index (Phi) is 8.47. The quantitative estimate of drug-likeness (QED) is 0.353. The first-order chi connectivity index (χ1) is 17.1. The number of rotatable bonds is 8. The van der Waals surface area contributed by atoms with E-state index in [0.29, 0.717) is 23.0 Å². The minimum Gasteiger partial charge on any atom is -0.493 e. The molecule has 1 heterocycles. The fourth-order valence-corrected chi connectivity index (χ4v) is 5.28. The van der Waals surface area contributed by atoms with Crippen LogP contribution in [0.25, 0.3) is 6.08 Å². The summed E-state index contributed by atoms with van der Waals surface area (Å²) in [6, 6.07) is 15.3. The number of amidine groups is 1. The van der Waals surface area contributed by atoms with Crippen molar-refractivity contribution in [3.05, 3.63) is 59.0 Å². The van der Waals surface area contributed by atoms with Gasteiger partial charge in [-0.25, -0.2) is 9.79 Å². The van der Waals surface area contributed by atoms with E-state index in [1.807, 2.05) is 47.4 Å². The molecule has 2 aliphatic rings. The summed E-state index contributed by atoms with van der Waals surface area (Å²) < 4.78 is 15.9. The summed E-state index contributed by atoms with van der Waals surface area (Å²) in [5.74, 6) is 0.449. The van der Waals surface area contributed by atoms with Gasteiger partial charge in [-0.15, -0.1) is 0 Å². The van der Waals surface area contributed by atoms with Crippen molar-refractivity contribution in [3.8, 4) is 11.5 Å². The third-order valence-corrected chi connectivity index (χ3v) is 6.88. The molecule has 184 valence electrons. The van der Waals surface area contributed by atoms with E-state index in [2.05, 4.69) is 0 Å². The minimum absolute atomic E-state index is 0.0156. The highest BCUT2D eigenvalue weighted by Gasteiger charge is 2.38. The van der Waals surface area contributed by atoms with Crippen molar-refractivity contribution >= 4 is 40.6 Å². The van der Waals surface area contributed by atoms with Gasteiger partial charge in [-0.1, -0.05) is 43.5 Å². The van der Waals surface area contributed by atoms with Crippen LogP contribution in [0.15, 0.2) is 58.4 Å². The van der Waals surface area contributed by atoms with Gasteiger partial charge in [0.1, 0.15) is 0 Å². The van der Waals surface area contributed by atoms with Crippen LogP contribution in [0.1, 0.15) is 44.6 Å². The molecule has 1 aliphatic carbocycles. The molecule has 1 aliphatic heterocycles. The first kappa shape index (κ1) is 24.9. The van der Waals surface area contributed by atoms with E-state index >= 15 is 0 Å². The van der Waals surface area contributed by atoms with Crippen LogP contribution < -0.4 is 9.47 Å². The van der Waals surface area contributed by atoms with Crippen molar-refractivity contribution in [2.24, 2.45) is 4.99 Å². The topological polar surface area (TPSA) is 77.4 Å². The Labute approximate surface area is 210 Å².